The SMILES string of the molecule is CCP(=O)(O)O.Cc1cc(C)c(C(N)=O)c(C)c1. The van der Waals surface area contributed by atoms with E-state index in [0.717, 1.165) is 16.7 Å². The first-order valence-corrected chi connectivity index (χ1v) is 7.30. The third kappa shape index (κ3) is 5.96. The Kier molecular flexibility index (Phi) is 6.26. The Bertz CT molecular complexity index is 456. The molecule has 0 saturated carbocycles. The molecule has 1 rings (SSSR count). The lowest BCUT2D eigenvalue weighted by Crippen LogP contribution is -2.14. The zero-order valence-electron chi connectivity index (χ0n) is 11.1. The maximum absolute atomic E-state index is 11.0. The maximum atomic E-state index is 11.0. The summed E-state index contributed by atoms with van der Waals surface area (Å²) in [6, 6.07) is 3.93. The number of primary amides is 1. The van der Waals surface area contributed by atoms with Crippen LogP contribution in [-0.4, -0.2) is 21.9 Å². The molecule has 4 N–H and O–H groups in total. The first-order valence-electron chi connectivity index (χ1n) is 5.50. The van der Waals surface area contributed by atoms with Crippen LogP contribution in [-0.2, 0) is 4.57 Å². The molecule has 0 fully saturated rings. The summed E-state index contributed by atoms with van der Waals surface area (Å²) in [5.41, 5.74) is 8.96. The van der Waals surface area contributed by atoms with Crippen molar-refractivity contribution in [3.8, 4) is 0 Å². The molecule has 0 spiro atoms. The average Bonchev–Trinajstić information content (AvgIpc) is 2.14. The minimum atomic E-state index is -3.65. The van der Waals surface area contributed by atoms with Gasteiger partial charge in [0.25, 0.3) is 0 Å². The molecule has 1 aromatic carbocycles. The number of hydrogen-bond donors (Lipinski definition) is 3. The lowest BCUT2D eigenvalue weighted by atomic mass is 10.00. The summed E-state index contributed by atoms with van der Waals surface area (Å²) in [7, 11) is -3.65. The first-order chi connectivity index (χ1) is 8.08. The second-order valence-electron chi connectivity index (χ2n) is 4.12. The molecule has 5 nitrogen and oxygen atoms in total. The highest BCUT2D eigenvalue weighted by molar-refractivity contribution is 7.51. The number of nitrogens with two attached hydrogens (primary N) is 1. The van der Waals surface area contributed by atoms with E-state index in [1.807, 2.05) is 32.9 Å². The van der Waals surface area contributed by atoms with Gasteiger partial charge in [0, 0.05) is 11.7 Å². The van der Waals surface area contributed by atoms with Crippen LogP contribution in [0.2, 0.25) is 0 Å². The van der Waals surface area contributed by atoms with E-state index >= 15 is 0 Å². The van der Waals surface area contributed by atoms with E-state index in [1.54, 1.807) is 0 Å². The van der Waals surface area contributed by atoms with Crippen LogP contribution in [0, 0.1) is 20.8 Å². The standard InChI is InChI=1S/C10H13NO.C2H7O3P/c1-6-4-7(2)9(10(11)12)8(3)5-6;1-2-6(3,4)5/h4-5H,1-3H3,(H2,11,12);2H2,1H3,(H2,3,4,5). The highest BCUT2D eigenvalue weighted by Gasteiger charge is 2.08. The smallest absolute Gasteiger partial charge is 0.325 e. The van der Waals surface area contributed by atoms with Crippen molar-refractivity contribution in [2.45, 2.75) is 27.7 Å². The van der Waals surface area contributed by atoms with Gasteiger partial charge in [0.1, 0.15) is 0 Å². The molecule has 1 amide bonds. The second kappa shape index (κ2) is 6.69. The van der Waals surface area contributed by atoms with E-state index in [0.29, 0.717) is 5.56 Å². The van der Waals surface area contributed by atoms with E-state index in [1.165, 1.54) is 6.92 Å². The monoisotopic (exact) mass is 273 g/mol. The number of amides is 1. The van der Waals surface area contributed by atoms with E-state index in [4.69, 9.17) is 15.5 Å². The zero-order valence-corrected chi connectivity index (χ0v) is 12.0. The predicted molar refractivity (Wildman–Crippen MR) is 71.8 cm³/mol. The lowest BCUT2D eigenvalue weighted by molar-refractivity contribution is 0.0999. The van der Waals surface area contributed by atoms with Crippen molar-refractivity contribution in [3.63, 3.8) is 0 Å². The Morgan fingerprint density at radius 1 is 1.22 bits per heavy atom. The van der Waals surface area contributed by atoms with Crippen LogP contribution in [0.1, 0.15) is 34.0 Å². The highest BCUT2D eigenvalue weighted by Crippen LogP contribution is 2.32. The molecule has 0 heterocycles. The number of carbonyl (C=O) groups is 1. The first kappa shape index (κ1) is 16.8. The number of aryl methyl sites for hydroxylation is 3. The molecule has 0 radical (unpaired) electrons. The molecular formula is C12H20NO4P. The van der Waals surface area contributed by atoms with Crippen molar-refractivity contribution in [3.05, 3.63) is 34.4 Å². The van der Waals surface area contributed by atoms with Crippen LogP contribution in [0.25, 0.3) is 0 Å². The number of rotatable bonds is 2. The summed E-state index contributed by atoms with van der Waals surface area (Å²) in [4.78, 5) is 26.9. The van der Waals surface area contributed by atoms with Crippen LogP contribution in [0.5, 0.6) is 0 Å². The molecule has 0 unspecified atom stereocenters. The average molecular weight is 273 g/mol. The Morgan fingerprint density at radius 2 is 1.56 bits per heavy atom. The van der Waals surface area contributed by atoms with Crippen LogP contribution in [0.4, 0.5) is 0 Å². The van der Waals surface area contributed by atoms with Crippen molar-refractivity contribution in [1.82, 2.24) is 0 Å². The summed E-state index contributed by atoms with van der Waals surface area (Å²) >= 11 is 0. The van der Waals surface area contributed by atoms with Gasteiger partial charge < -0.3 is 15.5 Å². The molecule has 1 aromatic rings. The number of carbonyl (C=O) groups excluding carboxylic acids is 1. The van der Waals surface area contributed by atoms with Crippen molar-refractivity contribution in [2.24, 2.45) is 5.73 Å². The lowest BCUT2D eigenvalue weighted by Gasteiger charge is -2.06. The fraction of sp³-hybridized carbons (Fsp3) is 0.417. The summed E-state index contributed by atoms with van der Waals surface area (Å²) in [5, 5.41) is 0. The molecule has 0 atom stereocenters. The fourth-order valence-electron chi connectivity index (χ4n) is 1.57. The molecule has 0 aliphatic carbocycles. The van der Waals surface area contributed by atoms with Crippen LogP contribution < -0.4 is 5.73 Å². The third-order valence-electron chi connectivity index (χ3n) is 2.34. The summed E-state index contributed by atoms with van der Waals surface area (Å²) in [6.07, 6.45) is -0.0625. The van der Waals surface area contributed by atoms with Crippen LogP contribution in [0.3, 0.4) is 0 Å². The van der Waals surface area contributed by atoms with E-state index in [2.05, 4.69) is 0 Å². The van der Waals surface area contributed by atoms with Crippen molar-refractivity contribution < 1.29 is 19.1 Å². The van der Waals surface area contributed by atoms with Gasteiger partial charge >= 0.3 is 7.60 Å². The molecule has 0 aromatic heterocycles. The number of hydrogen-bond acceptors (Lipinski definition) is 2. The normalized spacial score (nSPS) is 10.6. The molecule has 6 heteroatoms. The third-order valence-corrected chi connectivity index (χ3v) is 3.16. The summed E-state index contributed by atoms with van der Waals surface area (Å²) in [6.45, 7) is 7.26. The molecule has 102 valence electrons. The maximum Gasteiger partial charge on any atom is 0.325 e. The van der Waals surface area contributed by atoms with Crippen LogP contribution >= 0.6 is 7.60 Å². The summed E-state index contributed by atoms with van der Waals surface area (Å²) in [5.74, 6) is -0.343. The van der Waals surface area contributed by atoms with Gasteiger partial charge in [-0.3, -0.25) is 9.36 Å². The molecule has 0 bridgehead atoms. The van der Waals surface area contributed by atoms with E-state index < -0.39 is 7.60 Å². The molecular weight excluding hydrogens is 253 g/mol. The van der Waals surface area contributed by atoms with Gasteiger partial charge in [-0.05, 0) is 31.9 Å². The van der Waals surface area contributed by atoms with E-state index in [-0.39, 0.29) is 12.1 Å². The Balaban J connectivity index is 0.000000411. The van der Waals surface area contributed by atoms with Gasteiger partial charge in [-0.2, -0.15) is 0 Å². The molecule has 0 saturated heterocycles. The topological polar surface area (TPSA) is 101 Å². The zero-order chi connectivity index (χ0) is 14.5. The molecule has 0 aliphatic heterocycles. The van der Waals surface area contributed by atoms with E-state index in [9.17, 15) is 9.36 Å². The van der Waals surface area contributed by atoms with Gasteiger partial charge in [-0.1, -0.05) is 24.6 Å². The second-order valence-corrected chi connectivity index (χ2v) is 6.08. The molecule has 18 heavy (non-hydrogen) atoms. The Hall–Kier alpha value is -1.16. The predicted octanol–water partition coefficient (Wildman–Crippen LogP) is 1.89. The Morgan fingerprint density at radius 3 is 1.78 bits per heavy atom. The van der Waals surface area contributed by atoms with Crippen molar-refractivity contribution in [1.29, 1.82) is 0 Å². The minimum Gasteiger partial charge on any atom is -0.366 e. The van der Waals surface area contributed by atoms with Gasteiger partial charge in [0.2, 0.25) is 5.91 Å². The van der Waals surface area contributed by atoms with Gasteiger partial charge in [-0.25, -0.2) is 0 Å². The van der Waals surface area contributed by atoms with Crippen LogP contribution in [0.15, 0.2) is 12.1 Å². The Labute approximate surface area is 107 Å². The van der Waals surface area contributed by atoms with Crippen molar-refractivity contribution in [2.75, 3.05) is 6.16 Å². The summed E-state index contributed by atoms with van der Waals surface area (Å²) < 4.78 is 9.69. The quantitative estimate of drug-likeness (QED) is 0.716. The highest BCUT2D eigenvalue weighted by atomic mass is 31.2. The van der Waals surface area contributed by atoms with Crippen molar-refractivity contribution >= 4 is 13.5 Å². The molecule has 0 aliphatic rings. The van der Waals surface area contributed by atoms with Gasteiger partial charge in [-0.15, -0.1) is 0 Å². The van der Waals surface area contributed by atoms with Gasteiger partial charge in [0.05, 0.1) is 0 Å². The number of benzene rings is 1. The fourth-order valence-corrected chi connectivity index (χ4v) is 1.57. The minimum absolute atomic E-state index is 0.0625. The largest absolute Gasteiger partial charge is 0.366 e. The van der Waals surface area contributed by atoms with Gasteiger partial charge in [0.15, 0.2) is 0 Å².